The minimum atomic E-state index is 0.254. The van der Waals surface area contributed by atoms with Gasteiger partial charge >= 0.3 is 0 Å². The first-order chi connectivity index (χ1) is 9.79. The highest BCUT2D eigenvalue weighted by Gasteiger charge is 2.40. The molecule has 1 saturated carbocycles. The van der Waals surface area contributed by atoms with Crippen LogP contribution in [0.1, 0.15) is 65.2 Å². The van der Waals surface area contributed by atoms with Crippen molar-refractivity contribution >= 4 is 11.8 Å². The number of hydrogen-bond donors (Lipinski definition) is 1. The van der Waals surface area contributed by atoms with Crippen LogP contribution in [0.5, 0.6) is 0 Å². The van der Waals surface area contributed by atoms with Crippen LogP contribution in [0.25, 0.3) is 0 Å². The van der Waals surface area contributed by atoms with Crippen molar-refractivity contribution in [2.45, 2.75) is 76.9 Å². The molecule has 0 radical (unpaired) electrons. The molecule has 1 spiro atoms. The smallest absolute Gasteiger partial charge is 0.0685 e. The van der Waals surface area contributed by atoms with Crippen LogP contribution in [0.2, 0.25) is 0 Å². The minimum absolute atomic E-state index is 0.254. The summed E-state index contributed by atoms with van der Waals surface area (Å²) in [5, 5.41) is 3.82. The molecule has 1 heterocycles. The zero-order valence-electron chi connectivity index (χ0n) is 13.5. The first kappa shape index (κ1) is 16.6. The molecular weight excluding hydrogens is 266 g/mol. The molecule has 0 aromatic rings. The number of nitrogens with one attached hydrogen (secondary N) is 1. The van der Waals surface area contributed by atoms with E-state index < -0.39 is 0 Å². The van der Waals surface area contributed by atoms with Gasteiger partial charge in [-0.1, -0.05) is 33.1 Å². The lowest BCUT2D eigenvalue weighted by Crippen LogP contribution is -2.48. The van der Waals surface area contributed by atoms with Gasteiger partial charge in [0.1, 0.15) is 0 Å². The molecule has 20 heavy (non-hydrogen) atoms. The molecule has 3 heteroatoms. The maximum absolute atomic E-state index is 6.26. The monoisotopic (exact) mass is 299 g/mol. The summed E-state index contributed by atoms with van der Waals surface area (Å²) in [6.07, 6.45) is 10.6. The molecule has 118 valence electrons. The molecular formula is C17H33NOS. The van der Waals surface area contributed by atoms with E-state index in [1.165, 1.54) is 69.4 Å². The highest BCUT2D eigenvalue weighted by Crippen LogP contribution is 2.41. The quantitative estimate of drug-likeness (QED) is 0.760. The van der Waals surface area contributed by atoms with Crippen LogP contribution in [-0.2, 0) is 4.74 Å². The molecule has 2 nitrogen and oxygen atoms in total. The summed E-state index contributed by atoms with van der Waals surface area (Å²) in [6.45, 7) is 6.70. The summed E-state index contributed by atoms with van der Waals surface area (Å²) < 4.78 is 6.26. The zero-order chi connectivity index (χ0) is 14.3. The summed E-state index contributed by atoms with van der Waals surface area (Å²) in [4.78, 5) is 0. The average Bonchev–Trinajstić information content (AvgIpc) is 2.48. The lowest BCUT2D eigenvalue weighted by Gasteiger charge is -2.45. The van der Waals surface area contributed by atoms with Crippen molar-refractivity contribution in [2.24, 2.45) is 5.92 Å². The van der Waals surface area contributed by atoms with E-state index in [4.69, 9.17) is 4.74 Å². The molecule has 0 amide bonds. The maximum Gasteiger partial charge on any atom is 0.0685 e. The molecule has 1 aliphatic carbocycles. The fraction of sp³-hybridized carbons (Fsp3) is 1.00. The Labute approximate surface area is 129 Å². The predicted molar refractivity (Wildman–Crippen MR) is 89.6 cm³/mol. The Bertz CT molecular complexity index is 252. The SMILES string of the molecule is CCCNC(CSCC)C1CCOC2(CCCCC2)C1. The fourth-order valence-electron chi connectivity index (χ4n) is 3.89. The number of ether oxygens (including phenoxy) is 1. The van der Waals surface area contributed by atoms with Gasteiger partial charge in [0.15, 0.2) is 0 Å². The van der Waals surface area contributed by atoms with Crippen LogP contribution >= 0.6 is 11.8 Å². The second kappa shape index (κ2) is 8.65. The van der Waals surface area contributed by atoms with Crippen LogP contribution in [0.15, 0.2) is 0 Å². The number of thioether (sulfide) groups is 1. The highest BCUT2D eigenvalue weighted by molar-refractivity contribution is 7.99. The van der Waals surface area contributed by atoms with Crippen LogP contribution in [0.4, 0.5) is 0 Å². The van der Waals surface area contributed by atoms with E-state index in [0.29, 0.717) is 6.04 Å². The minimum Gasteiger partial charge on any atom is -0.375 e. The van der Waals surface area contributed by atoms with Crippen molar-refractivity contribution in [2.75, 3.05) is 24.7 Å². The van der Waals surface area contributed by atoms with Gasteiger partial charge < -0.3 is 10.1 Å². The molecule has 0 aromatic heterocycles. The van der Waals surface area contributed by atoms with Gasteiger partial charge in [-0.15, -0.1) is 0 Å². The van der Waals surface area contributed by atoms with Gasteiger partial charge in [0.25, 0.3) is 0 Å². The van der Waals surface area contributed by atoms with Crippen LogP contribution in [0, 0.1) is 5.92 Å². The molecule has 1 saturated heterocycles. The Morgan fingerprint density at radius 2 is 2.05 bits per heavy atom. The molecule has 2 atom stereocenters. The van der Waals surface area contributed by atoms with E-state index >= 15 is 0 Å². The summed E-state index contributed by atoms with van der Waals surface area (Å²) in [5.41, 5.74) is 0.254. The summed E-state index contributed by atoms with van der Waals surface area (Å²) in [5.74, 6) is 3.34. The second-order valence-electron chi connectivity index (χ2n) is 6.57. The van der Waals surface area contributed by atoms with Gasteiger partial charge in [-0.3, -0.25) is 0 Å². The zero-order valence-corrected chi connectivity index (χ0v) is 14.3. The topological polar surface area (TPSA) is 21.3 Å². The van der Waals surface area contributed by atoms with E-state index in [0.717, 1.165) is 12.5 Å². The summed E-state index contributed by atoms with van der Waals surface area (Å²) in [7, 11) is 0. The fourth-order valence-corrected chi connectivity index (χ4v) is 4.77. The second-order valence-corrected chi connectivity index (χ2v) is 7.88. The Morgan fingerprint density at radius 3 is 2.75 bits per heavy atom. The largest absolute Gasteiger partial charge is 0.375 e. The molecule has 2 aliphatic rings. The Balaban J connectivity index is 1.92. The van der Waals surface area contributed by atoms with Gasteiger partial charge in [-0.05, 0) is 50.3 Å². The van der Waals surface area contributed by atoms with E-state index in [-0.39, 0.29) is 5.60 Å². The van der Waals surface area contributed by atoms with E-state index in [2.05, 4.69) is 30.9 Å². The third kappa shape index (κ3) is 4.64. The third-order valence-corrected chi connectivity index (χ3v) is 6.03. The van der Waals surface area contributed by atoms with Gasteiger partial charge in [-0.2, -0.15) is 11.8 Å². The van der Waals surface area contributed by atoms with Gasteiger partial charge in [-0.25, -0.2) is 0 Å². The standard InChI is InChI=1S/C17H33NOS/c1-3-11-18-16(14-20-4-2)15-8-12-19-17(13-15)9-6-5-7-10-17/h15-16,18H,3-14H2,1-2H3. The Morgan fingerprint density at radius 1 is 1.25 bits per heavy atom. The highest BCUT2D eigenvalue weighted by atomic mass is 32.2. The molecule has 2 fully saturated rings. The average molecular weight is 300 g/mol. The van der Waals surface area contributed by atoms with Gasteiger partial charge in [0.2, 0.25) is 0 Å². The van der Waals surface area contributed by atoms with Gasteiger partial charge in [0.05, 0.1) is 5.60 Å². The summed E-state index contributed by atoms with van der Waals surface area (Å²) in [6, 6.07) is 0.697. The lowest BCUT2D eigenvalue weighted by molar-refractivity contribution is -0.120. The molecule has 2 unspecified atom stereocenters. The Hall–Kier alpha value is 0.270. The third-order valence-electron chi connectivity index (χ3n) is 5.02. The van der Waals surface area contributed by atoms with E-state index in [1.807, 2.05) is 0 Å². The van der Waals surface area contributed by atoms with Crippen molar-refractivity contribution in [3.8, 4) is 0 Å². The molecule has 1 aliphatic heterocycles. The van der Waals surface area contributed by atoms with E-state index in [1.54, 1.807) is 0 Å². The normalized spacial score (nSPS) is 27.6. The van der Waals surface area contributed by atoms with Crippen molar-refractivity contribution in [1.82, 2.24) is 5.32 Å². The van der Waals surface area contributed by atoms with Crippen molar-refractivity contribution in [3.05, 3.63) is 0 Å². The van der Waals surface area contributed by atoms with Crippen molar-refractivity contribution in [1.29, 1.82) is 0 Å². The van der Waals surface area contributed by atoms with E-state index in [9.17, 15) is 0 Å². The summed E-state index contributed by atoms with van der Waals surface area (Å²) >= 11 is 2.09. The predicted octanol–water partition coefficient (Wildman–Crippen LogP) is 4.24. The van der Waals surface area contributed by atoms with Gasteiger partial charge in [0, 0.05) is 18.4 Å². The molecule has 2 rings (SSSR count). The van der Waals surface area contributed by atoms with Crippen LogP contribution in [-0.4, -0.2) is 36.3 Å². The maximum atomic E-state index is 6.26. The first-order valence-corrected chi connectivity index (χ1v) is 9.90. The molecule has 0 bridgehead atoms. The van der Waals surface area contributed by atoms with Crippen molar-refractivity contribution in [3.63, 3.8) is 0 Å². The molecule has 0 aromatic carbocycles. The lowest BCUT2D eigenvalue weighted by atomic mass is 9.74. The Kier molecular flexibility index (Phi) is 7.20. The van der Waals surface area contributed by atoms with Crippen LogP contribution in [0.3, 0.4) is 0 Å². The first-order valence-electron chi connectivity index (χ1n) is 8.75. The van der Waals surface area contributed by atoms with Crippen molar-refractivity contribution < 1.29 is 4.74 Å². The number of rotatable bonds is 7. The van der Waals surface area contributed by atoms with Crippen LogP contribution < -0.4 is 5.32 Å². The number of hydrogen-bond acceptors (Lipinski definition) is 3. The molecule has 1 N–H and O–H groups in total.